The molecule has 3 rings (SSSR count). The van der Waals surface area contributed by atoms with Crippen LogP contribution in [0.15, 0.2) is 90.0 Å². The van der Waals surface area contributed by atoms with Gasteiger partial charge in [0.15, 0.2) is 0 Å². The average Bonchev–Trinajstić information content (AvgIpc) is 2.68. The number of benzene rings is 3. The van der Waals surface area contributed by atoms with E-state index in [9.17, 15) is 4.79 Å². The number of amides is 1. The molecule has 0 unspecified atom stereocenters. The van der Waals surface area contributed by atoms with Gasteiger partial charge in [-0.3, -0.25) is 4.79 Å². The van der Waals surface area contributed by atoms with Crippen LogP contribution in [0.3, 0.4) is 0 Å². The van der Waals surface area contributed by atoms with E-state index in [-0.39, 0.29) is 5.91 Å². The van der Waals surface area contributed by atoms with E-state index in [0.29, 0.717) is 12.0 Å². The van der Waals surface area contributed by atoms with E-state index in [0.717, 1.165) is 16.8 Å². The highest BCUT2D eigenvalue weighted by atomic mass is 16.2. The van der Waals surface area contributed by atoms with Crippen molar-refractivity contribution in [3.63, 3.8) is 0 Å². The Morgan fingerprint density at radius 2 is 1.36 bits per heavy atom. The number of nitrogens with zero attached hydrogens (tertiary/aromatic N) is 1. The van der Waals surface area contributed by atoms with Crippen molar-refractivity contribution in [3.05, 3.63) is 96.1 Å². The third kappa shape index (κ3) is 4.64. The number of hydrazone groups is 1. The third-order valence-electron chi connectivity index (χ3n) is 3.91. The van der Waals surface area contributed by atoms with Gasteiger partial charge >= 0.3 is 0 Å². The lowest BCUT2D eigenvalue weighted by Crippen LogP contribution is -2.19. The number of hydrogen-bond acceptors (Lipinski definition) is 2. The molecule has 0 aliphatic carbocycles. The highest BCUT2D eigenvalue weighted by Gasteiger charge is 2.05. The predicted molar refractivity (Wildman–Crippen MR) is 103 cm³/mol. The van der Waals surface area contributed by atoms with Crippen LogP contribution in [0.25, 0.3) is 11.1 Å². The van der Waals surface area contributed by atoms with Crippen LogP contribution in [0, 0.1) is 0 Å². The van der Waals surface area contributed by atoms with Crippen molar-refractivity contribution >= 4 is 11.6 Å². The Morgan fingerprint density at radius 1 is 0.800 bits per heavy atom. The van der Waals surface area contributed by atoms with Crippen LogP contribution in [-0.4, -0.2) is 11.6 Å². The van der Waals surface area contributed by atoms with Crippen molar-refractivity contribution in [1.82, 2.24) is 5.43 Å². The summed E-state index contributed by atoms with van der Waals surface area (Å²) in [7, 11) is 0. The molecule has 3 nitrogen and oxygen atoms in total. The van der Waals surface area contributed by atoms with Crippen LogP contribution in [0.4, 0.5) is 0 Å². The summed E-state index contributed by atoms with van der Waals surface area (Å²) in [5.41, 5.74) is 7.47. The molecule has 1 amide bonds. The summed E-state index contributed by atoms with van der Waals surface area (Å²) in [5.74, 6) is -0.202. The Balaban J connectivity index is 1.62. The fourth-order valence-corrected chi connectivity index (χ4v) is 2.59. The zero-order valence-electron chi connectivity index (χ0n) is 14.1. The molecule has 3 aromatic carbocycles. The van der Waals surface area contributed by atoms with E-state index in [2.05, 4.69) is 10.5 Å². The smallest absolute Gasteiger partial charge is 0.267 e. The Morgan fingerprint density at radius 3 is 2.00 bits per heavy atom. The normalized spacial score (nSPS) is 11.2. The van der Waals surface area contributed by atoms with E-state index in [4.69, 9.17) is 0 Å². The number of rotatable bonds is 5. The van der Waals surface area contributed by atoms with Crippen molar-refractivity contribution in [2.45, 2.75) is 13.3 Å². The predicted octanol–water partition coefficient (Wildman–Crippen LogP) is 4.70. The lowest BCUT2D eigenvalue weighted by atomic mass is 10.0. The van der Waals surface area contributed by atoms with E-state index in [1.807, 2.05) is 91.9 Å². The van der Waals surface area contributed by atoms with Crippen molar-refractivity contribution in [1.29, 1.82) is 0 Å². The van der Waals surface area contributed by atoms with Gasteiger partial charge in [-0.15, -0.1) is 0 Å². The minimum Gasteiger partial charge on any atom is -0.267 e. The lowest BCUT2D eigenvalue weighted by molar-refractivity contribution is 0.0954. The second-order valence-corrected chi connectivity index (χ2v) is 5.89. The van der Waals surface area contributed by atoms with Gasteiger partial charge in [-0.25, -0.2) is 5.43 Å². The molecular weight excluding hydrogens is 308 g/mol. The quantitative estimate of drug-likeness (QED) is 0.535. The van der Waals surface area contributed by atoms with E-state index >= 15 is 0 Å². The molecule has 0 spiro atoms. The average molecular weight is 328 g/mol. The summed E-state index contributed by atoms with van der Waals surface area (Å²) < 4.78 is 0. The van der Waals surface area contributed by atoms with Crippen molar-refractivity contribution in [3.8, 4) is 11.1 Å². The first-order valence-corrected chi connectivity index (χ1v) is 8.25. The molecule has 0 heterocycles. The molecule has 0 saturated carbocycles. The van der Waals surface area contributed by atoms with Gasteiger partial charge in [0.2, 0.25) is 0 Å². The first-order valence-electron chi connectivity index (χ1n) is 8.25. The maximum absolute atomic E-state index is 12.2. The van der Waals surface area contributed by atoms with E-state index < -0.39 is 0 Å². The molecule has 3 heteroatoms. The number of hydrogen-bond donors (Lipinski definition) is 1. The lowest BCUT2D eigenvalue weighted by Gasteiger charge is -2.05. The third-order valence-corrected chi connectivity index (χ3v) is 3.91. The molecule has 0 aromatic heterocycles. The van der Waals surface area contributed by atoms with Gasteiger partial charge < -0.3 is 0 Å². The van der Waals surface area contributed by atoms with Crippen molar-refractivity contribution in [2.24, 2.45) is 5.10 Å². The molecule has 3 aromatic rings. The fourth-order valence-electron chi connectivity index (χ4n) is 2.59. The first kappa shape index (κ1) is 16.7. The summed E-state index contributed by atoms with van der Waals surface area (Å²) in [6.07, 6.45) is 0.716. The van der Waals surface area contributed by atoms with Gasteiger partial charge in [0.1, 0.15) is 0 Å². The maximum Gasteiger partial charge on any atom is 0.271 e. The number of carbonyl (C=O) groups excluding carboxylic acids is 1. The fraction of sp³-hybridized carbons (Fsp3) is 0.0909. The van der Waals surface area contributed by atoms with Crippen LogP contribution in [0.1, 0.15) is 22.8 Å². The summed E-state index contributed by atoms with van der Waals surface area (Å²) in [4.78, 5) is 12.2. The largest absolute Gasteiger partial charge is 0.271 e. The summed E-state index contributed by atoms with van der Waals surface area (Å²) in [6.45, 7) is 1.91. The van der Waals surface area contributed by atoms with Crippen LogP contribution < -0.4 is 5.43 Å². The molecule has 0 radical (unpaired) electrons. The Kier molecular flexibility index (Phi) is 5.37. The second-order valence-electron chi connectivity index (χ2n) is 5.89. The Hall–Kier alpha value is -3.20. The molecule has 0 bridgehead atoms. The van der Waals surface area contributed by atoms with Crippen LogP contribution in [0.2, 0.25) is 0 Å². The SMILES string of the molecule is C/C(Cc1ccccc1)=N\NC(=O)c1ccc(-c2ccccc2)cc1. The summed E-state index contributed by atoms with van der Waals surface area (Å²) in [6, 6.07) is 27.7. The van der Waals surface area contributed by atoms with Gasteiger partial charge in [0.05, 0.1) is 0 Å². The van der Waals surface area contributed by atoms with Crippen LogP contribution in [-0.2, 0) is 6.42 Å². The van der Waals surface area contributed by atoms with Crippen molar-refractivity contribution < 1.29 is 4.79 Å². The van der Waals surface area contributed by atoms with E-state index in [1.165, 1.54) is 5.56 Å². The number of nitrogens with one attached hydrogen (secondary N) is 1. The Bertz CT molecular complexity index is 854. The monoisotopic (exact) mass is 328 g/mol. The molecule has 1 N–H and O–H groups in total. The topological polar surface area (TPSA) is 41.5 Å². The van der Waals surface area contributed by atoms with Crippen molar-refractivity contribution in [2.75, 3.05) is 0 Å². The van der Waals surface area contributed by atoms with Crippen LogP contribution >= 0.6 is 0 Å². The first-order chi connectivity index (χ1) is 12.2. The van der Waals surface area contributed by atoms with Gasteiger partial charge in [0.25, 0.3) is 5.91 Å². The summed E-state index contributed by atoms with van der Waals surface area (Å²) >= 11 is 0. The highest BCUT2D eigenvalue weighted by molar-refractivity contribution is 5.95. The molecule has 0 fully saturated rings. The molecule has 25 heavy (non-hydrogen) atoms. The highest BCUT2D eigenvalue weighted by Crippen LogP contribution is 2.19. The van der Waals surface area contributed by atoms with Gasteiger partial charge in [0, 0.05) is 17.7 Å². The summed E-state index contributed by atoms with van der Waals surface area (Å²) in [5, 5.41) is 4.19. The molecular formula is C22H20N2O. The zero-order chi connectivity index (χ0) is 17.5. The molecule has 124 valence electrons. The molecule has 0 aliphatic rings. The number of carbonyl (C=O) groups is 1. The van der Waals surface area contributed by atoms with E-state index in [1.54, 1.807) is 0 Å². The van der Waals surface area contributed by atoms with Crippen LogP contribution in [0.5, 0.6) is 0 Å². The molecule has 0 saturated heterocycles. The zero-order valence-corrected chi connectivity index (χ0v) is 14.1. The van der Waals surface area contributed by atoms with Gasteiger partial charge in [-0.05, 0) is 35.7 Å². The van der Waals surface area contributed by atoms with Gasteiger partial charge in [-0.1, -0.05) is 72.8 Å². The second kappa shape index (κ2) is 8.06. The minimum absolute atomic E-state index is 0.202. The Labute approximate surface area is 148 Å². The minimum atomic E-state index is -0.202. The van der Waals surface area contributed by atoms with Gasteiger partial charge in [-0.2, -0.15) is 5.10 Å². The maximum atomic E-state index is 12.2. The molecule has 0 atom stereocenters. The standard InChI is InChI=1S/C22H20N2O/c1-17(16-18-8-4-2-5-9-18)23-24-22(25)21-14-12-20(13-15-21)19-10-6-3-7-11-19/h2-15H,16H2,1H3,(H,24,25)/b23-17+. The molecule has 0 aliphatic heterocycles.